The molecule has 1 fully saturated rings. The summed E-state index contributed by atoms with van der Waals surface area (Å²) in [6, 6.07) is -10.0. The number of aliphatic carboxylic acids is 3. The standard InChI is InChI=1S/C50H73N13O19S/c1-22(2)15-30(57-47(78)34(20-64)61-41(72)26(51)21-83)44(75)60-33(18-37(53)67)49(80)63-14-6-9-35(63)48(79)56-28(10-12-38(68)69)42(73)58-31(16-24-19-54-27-8-5-4-7-25(24)27)45(76)59-32(17-36(52)66)46(77)55-29(11-13-39(70)71)43(74)62-40(23(3)65)50(81)82/h4-5,7-8,19,22-23,26,28-35,40,54,64-65,83H,6,9-18,20-21,51H2,1-3H3,(H2,52,66)(H2,53,67)(H,55,77)(H,56,79)(H,57,78)(H,58,73)(H,59,76)(H,60,75)(H,61,72)(H,62,74)(H,68,69)(H,70,71)(H,81,82)/t23-,26+,28+,29+,30+,31+,32+,33+,34+,35+,40+/m1/s1. The number of primary amides is 2. The number of likely N-dealkylation sites (tertiary alicyclic amines) is 1. The van der Waals surface area contributed by atoms with Crippen LogP contribution in [0.25, 0.3) is 10.9 Å². The smallest absolute Gasteiger partial charge is 0.328 e. The fraction of sp³-hybridized carbons (Fsp3) is 0.560. The van der Waals surface area contributed by atoms with E-state index in [9.17, 15) is 92.7 Å². The molecule has 1 saturated heterocycles. The molecule has 83 heavy (non-hydrogen) atoms. The first kappa shape index (κ1) is 68.8. The predicted octanol–water partition coefficient (Wildman–Crippen LogP) is -6.18. The van der Waals surface area contributed by atoms with Gasteiger partial charge in [0.15, 0.2) is 6.04 Å². The maximum absolute atomic E-state index is 14.4. The van der Waals surface area contributed by atoms with Crippen LogP contribution in [0.4, 0.5) is 0 Å². The van der Waals surface area contributed by atoms with Gasteiger partial charge in [0.25, 0.3) is 0 Å². The van der Waals surface area contributed by atoms with Crippen molar-refractivity contribution in [2.75, 3.05) is 18.9 Å². The van der Waals surface area contributed by atoms with E-state index in [1.807, 2.05) is 5.32 Å². The van der Waals surface area contributed by atoms with Crippen molar-refractivity contribution in [1.29, 1.82) is 0 Å². The molecule has 3 rings (SSSR count). The lowest BCUT2D eigenvalue weighted by Gasteiger charge is -2.31. The van der Waals surface area contributed by atoms with Crippen LogP contribution in [-0.4, -0.2) is 204 Å². The van der Waals surface area contributed by atoms with Crippen LogP contribution in [0.1, 0.15) is 84.1 Å². The van der Waals surface area contributed by atoms with Crippen molar-refractivity contribution in [1.82, 2.24) is 52.4 Å². The number of amides is 11. The molecule has 1 aromatic heterocycles. The molecule has 11 amide bonds. The van der Waals surface area contributed by atoms with Gasteiger partial charge in [0, 0.05) is 48.7 Å². The average Bonchev–Trinajstić information content (AvgIpc) is 4.26. The highest BCUT2D eigenvalue weighted by Crippen LogP contribution is 2.22. The molecular formula is C50H73N13O19S. The Morgan fingerprint density at radius 3 is 1.69 bits per heavy atom. The van der Waals surface area contributed by atoms with Crippen LogP contribution < -0.4 is 59.7 Å². The average molecular weight is 1190 g/mol. The number of aliphatic hydroxyl groups is 2. The fourth-order valence-electron chi connectivity index (χ4n) is 8.65. The van der Waals surface area contributed by atoms with E-state index in [-0.39, 0.29) is 37.5 Å². The molecule has 11 atom stereocenters. The SMILES string of the molecule is CC(C)C[C@H](NC(=O)[C@H](CO)NC(=O)[C@@H](N)CS)C(=O)N[C@@H](CC(N)=O)C(=O)N1CCC[C@H]1C(=O)N[C@@H](CCC(=O)O)C(=O)N[C@@H](Cc1c[nH]c2ccccc12)C(=O)N[C@@H](CC(N)=O)C(=O)N[C@@H](CCC(=O)O)C(=O)N[C@H](C(=O)O)[C@@H](C)O. The predicted molar refractivity (Wildman–Crippen MR) is 291 cm³/mol. The van der Waals surface area contributed by atoms with E-state index >= 15 is 0 Å². The summed E-state index contributed by atoms with van der Waals surface area (Å²) in [6.45, 7) is 3.34. The van der Waals surface area contributed by atoms with Crippen molar-refractivity contribution in [2.45, 2.75) is 152 Å². The maximum atomic E-state index is 14.4. The number of carbonyl (C=O) groups is 14. The summed E-state index contributed by atoms with van der Waals surface area (Å²) in [5.74, 6) is -17.2. The number of carboxylic acid groups (broad SMARTS) is 3. The third kappa shape index (κ3) is 21.8. The van der Waals surface area contributed by atoms with Crippen LogP contribution in [0.3, 0.4) is 0 Å². The largest absolute Gasteiger partial charge is 0.481 e. The molecule has 2 heterocycles. The van der Waals surface area contributed by atoms with Crippen LogP contribution in [0.15, 0.2) is 30.5 Å². The maximum Gasteiger partial charge on any atom is 0.328 e. The number of carbonyl (C=O) groups excluding carboxylic acids is 11. The van der Waals surface area contributed by atoms with Gasteiger partial charge in [-0.15, -0.1) is 0 Å². The number of aromatic amines is 1. The van der Waals surface area contributed by atoms with Crippen molar-refractivity contribution in [3.05, 3.63) is 36.0 Å². The van der Waals surface area contributed by atoms with Crippen LogP contribution >= 0.6 is 12.6 Å². The van der Waals surface area contributed by atoms with Crippen LogP contribution in [0.2, 0.25) is 0 Å². The summed E-state index contributed by atoms with van der Waals surface area (Å²) in [6.07, 6.45) is -5.23. The van der Waals surface area contributed by atoms with Crippen molar-refractivity contribution < 1.29 is 92.7 Å². The van der Waals surface area contributed by atoms with Gasteiger partial charge in [-0.3, -0.25) is 62.3 Å². The van der Waals surface area contributed by atoms with Gasteiger partial charge in [-0.05, 0) is 56.6 Å². The van der Waals surface area contributed by atoms with Gasteiger partial charge in [0.05, 0.1) is 31.6 Å². The Bertz CT molecular complexity index is 2720. The van der Waals surface area contributed by atoms with Gasteiger partial charge < -0.3 is 95.2 Å². The van der Waals surface area contributed by atoms with E-state index in [1.54, 1.807) is 38.1 Å². The van der Waals surface area contributed by atoms with Gasteiger partial charge in [-0.25, -0.2) is 4.79 Å². The molecule has 32 nitrogen and oxygen atoms in total. The number of nitrogens with two attached hydrogens (primary N) is 3. The molecule has 2 aromatic rings. The van der Waals surface area contributed by atoms with Gasteiger partial charge in [0.2, 0.25) is 65.0 Å². The molecule has 0 saturated carbocycles. The molecule has 0 unspecified atom stereocenters. The molecule has 0 radical (unpaired) electrons. The van der Waals surface area contributed by atoms with Crippen molar-refractivity contribution >= 4 is 106 Å². The van der Waals surface area contributed by atoms with Crippen LogP contribution in [0.5, 0.6) is 0 Å². The number of fused-ring (bicyclic) bond motifs is 1. The lowest BCUT2D eigenvalue weighted by Crippen LogP contribution is -2.61. The van der Waals surface area contributed by atoms with Gasteiger partial charge >= 0.3 is 17.9 Å². The molecule has 33 heteroatoms. The first-order valence-corrected chi connectivity index (χ1v) is 26.8. The third-order valence-corrected chi connectivity index (χ3v) is 13.3. The minimum Gasteiger partial charge on any atom is -0.481 e. The summed E-state index contributed by atoms with van der Waals surface area (Å²) >= 11 is 3.94. The lowest BCUT2D eigenvalue weighted by molar-refractivity contribution is -0.145. The Morgan fingerprint density at radius 1 is 0.651 bits per heavy atom. The zero-order valence-electron chi connectivity index (χ0n) is 45.6. The Morgan fingerprint density at radius 2 is 1.13 bits per heavy atom. The van der Waals surface area contributed by atoms with Gasteiger partial charge in [-0.2, -0.15) is 12.6 Å². The third-order valence-electron chi connectivity index (χ3n) is 12.9. The number of thiol groups is 1. The number of benzene rings is 1. The Kier molecular flexibility index (Phi) is 27.3. The molecule has 1 aliphatic heterocycles. The minimum absolute atomic E-state index is 0.0692. The number of carboxylic acids is 3. The van der Waals surface area contributed by atoms with Crippen molar-refractivity contribution in [2.24, 2.45) is 23.1 Å². The van der Waals surface area contributed by atoms with E-state index < -0.39 is 201 Å². The Labute approximate surface area is 479 Å². The molecular weight excluding hydrogens is 1120 g/mol. The molecule has 1 aromatic carbocycles. The summed E-state index contributed by atoms with van der Waals surface area (Å²) < 4.78 is 0. The molecule has 458 valence electrons. The topological polar surface area (TPSA) is 533 Å². The molecule has 20 N–H and O–H groups in total. The number of aromatic nitrogens is 1. The number of H-pyrrole nitrogens is 1. The molecule has 0 bridgehead atoms. The second kappa shape index (κ2) is 32.9. The van der Waals surface area contributed by atoms with Crippen molar-refractivity contribution in [3.8, 4) is 0 Å². The van der Waals surface area contributed by atoms with Gasteiger partial charge in [-0.1, -0.05) is 32.0 Å². The summed E-state index contributed by atoms with van der Waals surface area (Å²) in [7, 11) is 0. The quantitative estimate of drug-likeness (QED) is 0.0286. The number of hydrogen-bond acceptors (Lipinski definition) is 18. The van der Waals surface area contributed by atoms with Crippen LogP contribution in [-0.2, 0) is 73.5 Å². The number of rotatable bonds is 35. The second-order valence-corrected chi connectivity index (χ2v) is 20.4. The second-order valence-electron chi connectivity index (χ2n) is 20.1. The highest BCUT2D eigenvalue weighted by molar-refractivity contribution is 7.80. The van der Waals surface area contributed by atoms with E-state index in [0.29, 0.717) is 16.5 Å². The fourth-order valence-corrected chi connectivity index (χ4v) is 8.81. The van der Waals surface area contributed by atoms with E-state index in [2.05, 4.69) is 54.8 Å². The lowest BCUT2D eigenvalue weighted by atomic mass is 10.0. The molecule has 0 aliphatic carbocycles. The first-order valence-electron chi connectivity index (χ1n) is 26.1. The number of para-hydroxylation sites is 1. The summed E-state index contributed by atoms with van der Waals surface area (Å²) in [4.78, 5) is 188. The highest BCUT2D eigenvalue weighted by atomic mass is 32.1. The minimum atomic E-state index is -1.98. The number of aliphatic hydroxyl groups excluding tert-OH is 2. The normalized spacial score (nSPS) is 16.6. The van der Waals surface area contributed by atoms with E-state index in [4.69, 9.17) is 17.2 Å². The number of nitrogens with one attached hydrogen (secondary N) is 9. The molecule has 1 aliphatic rings. The van der Waals surface area contributed by atoms with E-state index in [1.165, 1.54) is 6.20 Å². The summed E-state index contributed by atoms with van der Waals surface area (Å²) in [5.41, 5.74) is 17.5. The first-order chi connectivity index (χ1) is 39.0. The highest BCUT2D eigenvalue weighted by Gasteiger charge is 2.41. The molecule has 0 spiro atoms. The number of hydrogen-bond donors (Lipinski definition) is 18. The van der Waals surface area contributed by atoms with Crippen molar-refractivity contribution in [3.63, 3.8) is 0 Å². The zero-order chi connectivity index (χ0) is 62.4. The Hall–Kier alpha value is -8.43. The Balaban J connectivity index is 1.97. The summed E-state index contributed by atoms with van der Waals surface area (Å²) in [5, 5.41) is 67.2. The van der Waals surface area contributed by atoms with E-state index in [0.717, 1.165) is 11.8 Å². The zero-order valence-corrected chi connectivity index (χ0v) is 46.5. The van der Waals surface area contributed by atoms with Gasteiger partial charge in [0.1, 0.15) is 48.3 Å². The number of nitrogens with zero attached hydrogens (tertiary/aromatic N) is 1. The van der Waals surface area contributed by atoms with Crippen LogP contribution in [0, 0.1) is 5.92 Å². The monoisotopic (exact) mass is 1190 g/mol.